The molecule has 0 fully saturated rings. The summed E-state index contributed by atoms with van der Waals surface area (Å²) in [6.45, 7) is 0.125. The molecule has 1 N–H and O–H groups in total. The van der Waals surface area contributed by atoms with Gasteiger partial charge in [-0.25, -0.2) is 13.1 Å². The first-order valence-electron chi connectivity index (χ1n) is 8.37. The summed E-state index contributed by atoms with van der Waals surface area (Å²) >= 11 is 0. The van der Waals surface area contributed by atoms with Crippen LogP contribution in [0, 0.1) is 0 Å². The Bertz CT molecular complexity index is 940. The van der Waals surface area contributed by atoms with Crippen LogP contribution in [0.5, 0.6) is 5.75 Å². The van der Waals surface area contributed by atoms with E-state index < -0.39 is 39.9 Å². The third-order valence-electron chi connectivity index (χ3n) is 3.85. The van der Waals surface area contributed by atoms with Crippen LogP contribution in [0.2, 0.25) is 0 Å². The van der Waals surface area contributed by atoms with Crippen molar-refractivity contribution in [2.75, 3.05) is 20.6 Å². The lowest BCUT2D eigenvalue weighted by Crippen LogP contribution is -2.35. The summed E-state index contributed by atoms with van der Waals surface area (Å²) < 4.78 is 106. The highest BCUT2D eigenvalue weighted by molar-refractivity contribution is 7.89. The molecule has 0 spiro atoms. The van der Waals surface area contributed by atoms with Gasteiger partial charge in [0.1, 0.15) is 5.75 Å². The third-order valence-corrected chi connectivity index (χ3v) is 5.34. The van der Waals surface area contributed by atoms with Crippen LogP contribution in [0.15, 0.2) is 53.4 Å². The van der Waals surface area contributed by atoms with Gasteiger partial charge in [0.15, 0.2) is 0 Å². The van der Waals surface area contributed by atoms with Gasteiger partial charge in [0, 0.05) is 6.54 Å². The molecule has 30 heavy (non-hydrogen) atoms. The van der Waals surface area contributed by atoms with E-state index in [4.69, 9.17) is 0 Å². The molecular weight excluding hydrogens is 438 g/mol. The van der Waals surface area contributed by atoms with Gasteiger partial charge in [0.05, 0.1) is 16.5 Å². The van der Waals surface area contributed by atoms with Crippen LogP contribution in [0.1, 0.15) is 17.2 Å². The van der Waals surface area contributed by atoms with Crippen LogP contribution in [0.3, 0.4) is 0 Å². The fraction of sp³-hybridized carbons (Fsp3) is 0.333. The van der Waals surface area contributed by atoms with Gasteiger partial charge < -0.3 is 9.64 Å². The summed E-state index contributed by atoms with van der Waals surface area (Å²) in [6, 6.07) is 6.68. The van der Waals surface area contributed by atoms with Crippen LogP contribution in [0.4, 0.5) is 26.3 Å². The number of ether oxygens (including phenoxy) is 1. The number of alkyl halides is 6. The number of rotatable bonds is 7. The molecule has 2 rings (SSSR count). The number of likely N-dealkylation sites (N-methyl/N-ethyl adjacent to an activating group) is 1. The first kappa shape index (κ1) is 24.0. The fourth-order valence-electron chi connectivity index (χ4n) is 2.56. The zero-order valence-electron chi connectivity index (χ0n) is 15.8. The van der Waals surface area contributed by atoms with Gasteiger partial charge >= 0.3 is 12.5 Å². The molecule has 1 unspecified atom stereocenters. The van der Waals surface area contributed by atoms with E-state index in [1.807, 2.05) is 0 Å². The van der Waals surface area contributed by atoms with E-state index >= 15 is 0 Å². The Morgan fingerprint density at radius 3 is 1.90 bits per heavy atom. The van der Waals surface area contributed by atoms with Crippen LogP contribution < -0.4 is 9.46 Å². The van der Waals surface area contributed by atoms with Crippen molar-refractivity contribution in [3.05, 3.63) is 59.7 Å². The molecule has 1 atom stereocenters. The molecule has 0 aliphatic carbocycles. The maximum atomic E-state index is 12.8. The van der Waals surface area contributed by atoms with Crippen molar-refractivity contribution in [3.8, 4) is 5.75 Å². The van der Waals surface area contributed by atoms with E-state index in [0.717, 1.165) is 36.4 Å². The van der Waals surface area contributed by atoms with Crippen LogP contribution >= 0.6 is 0 Å². The maximum Gasteiger partial charge on any atom is 0.573 e. The lowest BCUT2D eigenvalue weighted by molar-refractivity contribution is -0.274. The lowest BCUT2D eigenvalue weighted by atomic mass is 10.1. The highest BCUT2D eigenvalue weighted by atomic mass is 32.2. The molecule has 0 heterocycles. The summed E-state index contributed by atoms with van der Waals surface area (Å²) in [5.41, 5.74) is -0.588. The highest BCUT2D eigenvalue weighted by Crippen LogP contribution is 2.30. The second kappa shape index (κ2) is 8.82. The van der Waals surface area contributed by atoms with Crippen molar-refractivity contribution >= 4 is 10.0 Å². The van der Waals surface area contributed by atoms with Crippen LogP contribution in [-0.4, -0.2) is 40.3 Å². The quantitative estimate of drug-likeness (QED) is 0.635. The summed E-state index contributed by atoms with van der Waals surface area (Å²) in [5, 5.41) is 0. The Balaban J connectivity index is 2.26. The maximum absolute atomic E-state index is 12.8. The van der Waals surface area contributed by atoms with Gasteiger partial charge in [0.25, 0.3) is 0 Å². The van der Waals surface area contributed by atoms with Gasteiger partial charge in [-0.05, 0) is 56.1 Å². The topological polar surface area (TPSA) is 58.6 Å². The lowest BCUT2D eigenvalue weighted by Gasteiger charge is -2.23. The molecule has 5 nitrogen and oxygen atoms in total. The number of hydrogen-bond donors (Lipinski definition) is 1. The molecule has 0 saturated heterocycles. The van der Waals surface area contributed by atoms with Crippen molar-refractivity contribution < 1.29 is 39.5 Å². The minimum absolute atomic E-state index is 0.125. The largest absolute Gasteiger partial charge is 0.573 e. The van der Waals surface area contributed by atoms with E-state index in [9.17, 15) is 34.8 Å². The average molecular weight is 456 g/mol. The number of sulfonamides is 1. The normalized spacial score (nSPS) is 14.0. The third kappa shape index (κ3) is 6.89. The Kier molecular flexibility index (Phi) is 7.05. The van der Waals surface area contributed by atoms with E-state index in [-0.39, 0.29) is 17.0 Å². The standard InChI is InChI=1S/C18H18F6N2O3S/c1-26(2)11-16(12-3-5-13(6-4-12)17(19,20)21)25-30(27,28)15-9-7-14(8-10-15)29-18(22,23)24/h3-10,16,25H,11H2,1-2H3. The van der Waals surface area contributed by atoms with Gasteiger partial charge in [-0.2, -0.15) is 13.2 Å². The van der Waals surface area contributed by atoms with E-state index in [2.05, 4.69) is 9.46 Å². The van der Waals surface area contributed by atoms with Crippen molar-refractivity contribution in [1.29, 1.82) is 0 Å². The van der Waals surface area contributed by atoms with Gasteiger partial charge in [-0.15, -0.1) is 13.2 Å². The predicted octanol–water partition coefficient (Wildman–Crippen LogP) is 4.19. The van der Waals surface area contributed by atoms with Gasteiger partial charge in [-0.3, -0.25) is 0 Å². The van der Waals surface area contributed by atoms with Gasteiger partial charge in [0.2, 0.25) is 10.0 Å². The molecule has 0 aromatic heterocycles. The SMILES string of the molecule is CN(C)CC(NS(=O)(=O)c1ccc(OC(F)(F)F)cc1)c1ccc(C(F)(F)F)cc1. The zero-order chi connectivity index (χ0) is 22.7. The number of nitrogens with one attached hydrogen (secondary N) is 1. The van der Waals surface area contributed by atoms with E-state index in [1.54, 1.807) is 19.0 Å². The molecule has 0 aliphatic rings. The number of nitrogens with zero attached hydrogens (tertiary/aromatic N) is 1. The Hall–Kier alpha value is -2.31. The molecule has 0 amide bonds. The molecule has 12 heteroatoms. The summed E-state index contributed by atoms with van der Waals surface area (Å²) in [6.07, 6.45) is -9.45. The molecule has 0 aliphatic heterocycles. The minimum atomic E-state index is -4.92. The van der Waals surface area contributed by atoms with Crippen molar-refractivity contribution in [2.24, 2.45) is 0 Å². The molecule has 166 valence electrons. The first-order valence-corrected chi connectivity index (χ1v) is 9.86. The number of hydrogen-bond acceptors (Lipinski definition) is 4. The Morgan fingerprint density at radius 2 is 1.47 bits per heavy atom. The smallest absolute Gasteiger partial charge is 0.406 e. The molecular formula is C18H18F6N2O3S. The summed E-state index contributed by atoms with van der Waals surface area (Å²) in [5.74, 6) is -0.589. The van der Waals surface area contributed by atoms with Crippen LogP contribution in [-0.2, 0) is 16.2 Å². The van der Waals surface area contributed by atoms with Crippen molar-refractivity contribution in [3.63, 3.8) is 0 Å². The predicted molar refractivity (Wildman–Crippen MR) is 96.2 cm³/mol. The molecule has 2 aromatic rings. The summed E-state index contributed by atoms with van der Waals surface area (Å²) in [4.78, 5) is 1.30. The van der Waals surface area contributed by atoms with Crippen molar-refractivity contribution in [1.82, 2.24) is 9.62 Å². The Labute approximate surface area is 169 Å². The van der Waals surface area contributed by atoms with Crippen molar-refractivity contribution in [2.45, 2.75) is 23.5 Å². The second-order valence-corrected chi connectivity index (χ2v) is 8.29. The van der Waals surface area contributed by atoms with E-state index in [0.29, 0.717) is 0 Å². The second-order valence-electron chi connectivity index (χ2n) is 6.58. The molecule has 0 radical (unpaired) electrons. The first-order chi connectivity index (χ1) is 13.7. The average Bonchev–Trinajstić information content (AvgIpc) is 2.59. The Morgan fingerprint density at radius 1 is 0.933 bits per heavy atom. The monoisotopic (exact) mass is 456 g/mol. The summed E-state index contributed by atoms with van der Waals surface area (Å²) in [7, 11) is -0.893. The van der Waals surface area contributed by atoms with Gasteiger partial charge in [-0.1, -0.05) is 12.1 Å². The number of halogens is 6. The zero-order valence-corrected chi connectivity index (χ0v) is 16.6. The molecule has 0 bridgehead atoms. The molecule has 0 saturated carbocycles. The highest BCUT2D eigenvalue weighted by Gasteiger charge is 2.32. The molecule has 2 aromatic carbocycles. The minimum Gasteiger partial charge on any atom is -0.406 e. The van der Waals surface area contributed by atoms with E-state index in [1.165, 1.54) is 12.1 Å². The van der Waals surface area contributed by atoms with Crippen LogP contribution in [0.25, 0.3) is 0 Å². The fourth-order valence-corrected chi connectivity index (χ4v) is 3.77. The number of benzene rings is 2.